The van der Waals surface area contributed by atoms with Crippen LogP contribution in [0, 0.1) is 6.92 Å². The topological polar surface area (TPSA) is 100 Å². The number of pyridine rings is 2. The van der Waals surface area contributed by atoms with E-state index < -0.39 is 10.0 Å². The van der Waals surface area contributed by atoms with Crippen molar-refractivity contribution in [2.75, 3.05) is 5.73 Å². The molecule has 0 aliphatic rings. The van der Waals surface area contributed by atoms with Crippen LogP contribution in [-0.2, 0) is 29.7 Å². The predicted octanol–water partition coefficient (Wildman–Crippen LogP) is 5.53. The summed E-state index contributed by atoms with van der Waals surface area (Å²) in [5, 5.41) is 0. The maximum absolute atomic E-state index is 12.6. The summed E-state index contributed by atoms with van der Waals surface area (Å²) < 4.78 is 38.5. The molecule has 168 valence electrons. The standard InChI is InChI=1S/C18H16N3O2S.C5H5N.FH.Pd/c1-13-5-4-7-17(18(13)16-6-2-3-12-20-16)21-24(22,23)15-10-8-14(19)9-11-15;1-2-4-6-5-3-1;;/h2-12H,19H2,1H3;1-5H;1H;/q-1;;;+2/p-1. The van der Waals surface area contributed by atoms with Gasteiger partial charge in [0.15, 0.2) is 0 Å². The minimum absolute atomic E-state index is 0.102. The fraction of sp³-hybridized carbons (Fsp3) is 0.0435. The van der Waals surface area contributed by atoms with E-state index in [2.05, 4.69) is 14.7 Å². The number of anilines is 1. The van der Waals surface area contributed by atoms with Gasteiger partial charge in [0.2, 0.25) is 0 Å². The average molecular weight is 543 g/mol. The van der Waals surface area contributed by atoms with Crippen molar-refractivity contribution in [3.05, 3.63) is 108 Å². The van der Waals surface area contributed by atoms with Crippen LogP contribution in [0.15, 0.2) is 102 Å². The second-order valence-corrected chi connectivity index (χ2v) is 7.95. The molecule has 2 N–H and O–H groups in total. The van der Waals surface area contributed by atoms with Gasteiger partial charge in [0.25, 0.3) is 0 Å². The zero-order valence-electron chi connectivity index (χ0n) is 17.1. The maximum Gasteiger partial charge on any atom is 0.0267 e. The number of nitrogens with two attached hydrogens (primary N) is 1. The second kappa shape index (κ2) is 12.7. The number of benzene rings is 2. The summed E-state index contributed by atoms with van der Waals surface area (Å²) in [7, 11) is -3.84. The van der Waals surface area contributed by atoms with E-state index in [9.17, 15) is 11.6 Å². The number of nitrogens with zero attached hydrogens (tertiary/aromatic N) is 3. The minimum Gasteiger partial charge on any atom is -0.265 e. The van der Waals surface area contributed by atoms with Crippen molar-refractivity contribution in [1.82, 2.24) is 9.97 Å². The first-order valence-electron chi connectivity index (χ1n) is 9.29. The normalized spacial score (nSPS) is 10.1. The number of nitrogen functional groups attached to an aromatic ring is 1. The molecule has 0 fully saturated rings. The van der Waals surface area contributed by atoms with Gasteiger partial charge in [-0.1, -0.05) is 30.3 Å². The van der Waals surface area contributed by atoms with Crippen LogP contribution in [0.2, 0.25) is 0 Å². The molecule has 0 aliphatic carbocycles. The Morgan fingerprint density at radius 3 is 2.03 bits per heavy atom. The van der Waals surface area contributed by atoms with Gasteiger partial charge in [-0.3, -0.25) is 9.97 Å². The molecule has 0 unspecified atom stereocenters. The predicted molar refractivity (Wildman–Crippen MR) is 121 cm³/mol. The zero-order chi connectivity index (χ0) is 23.4. The van der Waals surface area contributed by atoms with E-state index in [0.717, 1.165) is 5.56 Å². The van der Waals surface area contributed by atoms with Crippen molar-refractivity contribution in [3.63, 3.8) is 0 Å². The van der Waals surface area contributed by atoms with Gasteiger partial charge >= 0.3 is 22.9 Å². The average Bonchev–Trinajstić information content (AvgIpc) is 2.83. The first-order valence-corrected chi connectivity index (χ1v) is 11.3. The van der Waals surface area contributed by atoms with Gasteiger partial charge in [-0.25, -0.2) is 8.42 Å². The number of halogens is 1. The molecule has 0 amide bonds. The van der Waals surface area contributed by atoms with Crippen LogP contribution in [0.25, 0.3) is 16.0 Å². The van der Waals surface area contributed by atoms with Crippen LogP contribution >= 0.6 is 0 Å². The third-order valence-electron chi connectivity index (χ3n) is 4.13. The van der Waals surface area contributed by atoms with Gasteiger partial charge in [-0.15, -0.1) is 5.69 Å². The molecule has 2 aromatic carbocycles. The molecule has 6 nitrogen and oxygen atoms in total. The molecule has 0 aliphatic heterocycles. The maximum atomic E-state index is 12.6. The Bertz CT molecular complexity index is 1170. The molecule has 4 aromatic rings. The van der Waals surface area contributed by atoms with E-state index in [-0.39, 0.29) is 4.90 Å². The quantitative estimate of drug-likeness (QED) is 0.270. The van der Waals surface area contributed by atoms with Crippen molar-refractivity contribution in [1.29, 1.82) is 0 Å². The molecule has 0 radical (unpaired) electrons. The van der Waals surface area contributed by atoms with Gasteiger partial charge in [0.05, 0.1) is 10.6 Å². The first kappa shape index (κ1) is 25.1. The summed E-state index contributed by atoms with van der Waals surface area (Å²) in [6.07, 6.45) is 5.17. The molecule has 2 heterocycles. The molecule has 0 saturated heterocycles. The summed E-state index contributed by atoms with van der Waals surface area (Å²) in [5.74, 6) is 0. The van der Waals surface area contributed by atoms with E-state index in [1.165, 1.54) is 44.0 Å². The Balaban J connectivity index is 0.000000387. The van der Waals surface area contributed by atoms with Crippen LogP contribution in [0.3, 0.4) is 0 Å². The summed E-state index contributed by atoms with van der Waals surface area (Å²) in [4.78, 5) is 8.20. The smallest absolute Gasteiger partial charge is 0.0267 e. The van der Waals surface area contributed by atoms with E-state index in [1.807, 2.05) is 49.4 Å². The molecule has 0 saturated carbocycles. The molecule has 0 spiro atoms. The fourth-order valence-electron chi connectivity index (χ4n) is 2.71. The van der Waals surface area contributed by atoms with E-state index in [4.69, 9.17) is 5.73 Å². The Morgan fingerprint density at radius 2 is 1.50 bits per heavy atom. The van der Waals surface area contributed by atoms with Crippen molar-refractivity contribution in [2.24, 2.45) is 0 Å². The molecular weight excluding hydrogens is 522 g/mol. The van der Waals surface area contributed by atoms with Gasteiger partial charge in [0, 0.05) is 24.3 Å². The molecule has 2 aromatic heterocycles. The minimum atomic E-state index is -3.84. The molecule has 4 rings (SSSR count). The van der Waals surface area contributed by atoms with Crippen LogP contribution in [0.5, 0.6) is 0 Å². The Hall–Kier alpha value is -3.12. The molecule has 9 heteroatoms. The van der Waals surface area contributed by atoms with Crippen LogP contribution in [0.1, 0.15) is 5.56 Å². The number of aromatic nitrogens is 2. The molecule has 32 heavy (non-hydrogen) atoms. The summed E-state index contributed by atoms with van der Waals surface area (Å²) in [6, 6.07) is 22.5. The van der Waals surface area contributed by atoms with Gasteiger partial charge in [-0.05, 0) is 66.6 Å². The summed E-state index contributed by atoms with van der Waals surface area (Å²) in [6.45, 7) is 1.90. The van der Waals surface area contributed by atoms with Crippen molar-refractivity contribution >= 4 is 21.4 Å². The van der Waals surface area contributed by atoms with Gasteiger partial charge in [-0.2, -0.15) is 0 Å². The van der Waals surface area contributed by atoms with Crippen molar-refractivity contribution in [2.45, 2.75) is 11.8 Å². The third kappa shape index (κ3) is 7.24. The van der Waals surface area contributed by atoms with E-state index >= 15 is 0 Å². The van der Waals surface area contributed by atoms with Gasteiger partial charge in [0.1, 0.15) is 10.0 Å². The van der Waals surface area contributed by atoms with Crippen LogP contribution < -0.4 is 5.73 Å². The van der Waals surface area contributed by atoms with E-state index in [1.54, 1.807) is 30.7 Å². The monoisotopic (exact) mass is 542 g/mol. The van der Waals surface area contributed by atoms with Crippen LogP contribution in [0.4, 0.5) is 14.6 Å². The zero-order valence-corrected chi connectivity index (χ0v) is 19.4. The molecule has 0 atom stereocenters. The number of hydrogen-bond donors (Lipinski definition) is 1. The fourth-order valence-corrected chi connectivity index (χ4v) is 3.70. The Morgan fingerprint density at radius 1 is 0.844 bits per heavy atom. The van der Waals surface area contributed by atoms with Crippen LogP contribution in [-0.4, -0.2) is 18.4 Å². The Labute approximate surface area is 198 Å². The van der Waals surface area contributed by atoms with Crippen molar-refractivity contribution in [3.8, 4) is 11.3 Å². The molecule has 0 bridgehead atoms. The van der Waals surface area contributed by atoms with E-state index in [0.29, 0.717) is 22.6 Å². The molecular formula is C23H21FN4O2PdS. The number of aryl methyl sites for hydroxylation is 1. The number of sulfonamides is 1. The SMILES string of the molecule is Cc1cccc([N-]S(=O)(=O)c2ccc(N)cc2)c1-c1ccccn1.[F][Pd+].c1ccncc1. The van der Waals surface area contributed by atoms with Gasteiger partial charge < -0.3 is 10.5 Å². The Kier molecular flexibility index (Phi) is 9.95. The number of rotatable bonds is 4. The van der Waals surface area contributed by atoms with Crippen molar-refractivity contribution < 1.29 is 31.4 Å². The summed E-state index contributed by atoms with van der Waals surface area (Å²) >= 11 is 1.25. The largest absolute Gasteiger partial charge is 0.265 e. The second-order valence-electron chi connectivity index (χ2n) is 6.34. The number of hydrogen-bond acceptors (Lipinski definition) is 5. The third-order valence-corrected chi connectivity index (χ3v) is 5.44. The first-order chi connectivity index (χ1) is 15.5. The summed E-state index contributed by atoms with van der Waals surface area (Å²) in [5.41, 5.74) is 8.77.